The normalized spacial score (nSPS) is 20.7. The SMILES string of the molecule is O=C(c1cccc2nccn12)N1C[C@@H](O)C[C@@H]1c1cccc(F)c1. The third kappa shape index (κ3) is 2.45. The molecule has 1 aromatic carbocycles. The van der Waals surface area contributed by atoms with Crippen LogP contribution >= 0.6 is 0 Å². The molecule has 1 fully saturated rings. The van der Waals surface area contributed by atoms with Crippen LogP contribution in [-0.4, -0.2) is 37.9 Å². The summed E-state index contributed by atoms with van der Waals surface area (Å²) in [6, 6.07) is 11.2. The highest BCUT2D eigenvalue weighted by Gasteiger charge is 2.36. The number of aliphatic hydroxyl groups is 1. The van der Waals surface area contributed by atoms with Crippen LogP contribution in [0.25, 0.3) is 5.65 Å². The number of rotatable bonds is 2. The number of likely N-dealkylation sites (tertiary alicyclic amines) is 1. The van der Waals surface area contributed by atoms with Crippen molar-refractivity contribution in [3.05, 3.63) is 71.9 Å². The molecule has 24 heavy (non-hydrogen) atoms. The van der Waals surface area contributed by atoms with Crippen molar-refractivity contribution < 1.29 is 14.3 Å². The number of β-amino-alcohol motifs (C(OH)–C–C–N with tert-alkyl or cyclic N) is 1. The van der Waals surface area contributed by atoms with Crippen molar-refractivity contribution in [1.29, 1.82) is 0 Å². The topological polar surface area (TPSA) is 57.8 Å². The number of hydrogen-bond acceptors (Lipinski definition) is 3. The molecule has 0 aliphatic carbocycles. The number of fused-ring (bicyclic) bond motifs is 1. The summed E-state index contributed by atoms with van der Waals surface area (Å²) in [5.74, 6) is -0.553. The van der Waals surface area contributed by atoms with Gasteiger partial charge < -0.3 is 10.0 Å². The molecule has 122 valence electrons. The highest BCUT2D eigenvalue weighted by atomic mass is 19.1. The lowest BCUT2D eigenvalue weighted by Crippen LogP contribution is -2.33. The molecule has 1 N–H and O–H groups in total. The fraction of sp³-hybridized carbons (Fsp3) is 0.222. The van der Waals surface area contributed by atoms with Gasteiger partial charge in [0.1, 0.15) is 17.2 Å². The molecule has 2 atom stereocenters. The van der Waals surface area contributed by atoms with Crippen LogP contribution < -0.4 is 0 Å². The van der Waals surface area contributed by atoms with Gasteiger partial charge in [-0.15, -0.1) is 0 Å². The Hall–Kier alpha value is -2.73. The Labute approximate surface area is 138 Å². The molecular weight excluding hydrogens is 309 g/mol. The maximum absolute atomic E-state index is 13.6. The average Bonchev–Trinajstić information content (AvgIpc) is 3.20. The number of aliphatic hydroxyl groups excluding tert-OH is 1. The minimum atomic E-state index is -0.621. The Morgan fingerprint density at radius 1 is 1.25 bits per heavy atom. The third-order valence-corrected chi connectivity index (χ3v) is 4.42. The fourth-order valence-electron chi connectivity index (χ4n) is 3.34. The first kappa shape index (κ1) is 14.8. The van der Waals surface area contributed by atoms with E-state index in [1.165, 1.54) is 12.1 Å². The van der Waals surface area contributed by atoms with Crippen molar-refractivity contribution in [2.24, 2.45) is 0 Å². The molecule has 6 heteroatoms. The summed E-state index contributed by atoms with van der Waals surface area (Å²) in [6.45, 7) is 0.227. The third-order valence-electron chi connectivity index (χ3n) is 4.42. The molecule has 3 heterocycles. The van der Waals surface area contributed by atoms with Gasteiger partial charge in [-0.2, -0.15) is 0 Å². The van der Waals surface area contributed by atoms with E-state index in [0.717, 1.165) is 0 Å². The number of pyridine rings is 1. The quantitative estimate of drug-likeness (QED) is 0.787. The predicted octanol–water partition coefficient (Wildman–Crippen LogP) is 2.42. The fourth-order valence-corrected chi connectivity index (χ4v) is 3.34. The van der Waals surface area contributed by atoms with Gasteiger partial charge in [0.25, 0.3) is 5.91 Å². The molecule has 3 aromatic rings. The standard InChI is InChI=1S/C18H16FN3O2/c19-13-4-1-3-12(9-13)16-10-14(23)11-22(16)18(24)15-5-2-6-17-20-7-8-21(15)17/h1-9,14,16,23H,10-11H2/t14-,16+/m0/s1. The Balaban J connectivity index is 1.73. The van der Waals surface area contributed by atoms with Crippen LogP contribution in [0.1, 0.15) is 28.5 Å². The summed E-state index contributed by atoms with van der Waals surface area (Å²) >= 11 is 0. The first-order valence-corrected chi connectivity index (χ1v) is 7.80. The highest BCUT2D eigenvalue weighted by Crippen LogP contribution is 2.33. The molecule has 0 unspecified atom stereocenters. The maximum atomic E-state index is 13.6. The number of nitrogens with zero attached hydrogens (tertiary/aromatic N) is 3. The zero-order valence-corrected chi connectivity index (χ0v) is 12.8. The lowest BCUT2D eigenvalue weighted by molar-refractivity contribution is 0.0708. The number of halogens is 1. The molecule has 1 amide bonds. The number of amides is 1. The Kier molecular flexibility index (Phi) is 3.54. The second-order valence-corrected chi connectivity index (χ2v) is 5.98. The van der Waals surface area contributed by atoms with Gasteiger partial charge in [0.05, 0.1) is 12.1 Å². The molecule has 5 nitrogen and oxygen atoms in total. The van der Waals surface area contributed by atoms with Crippen molar-refractivity contribution in [3.8, 4) is 0 Å². The van der Waals surface area contributed by atoms with Crippen molar-refractivity contribution >= 4 is 11.6 Å². The van der Waals surface area contributed by atoms with Gasteiger partial charge in [-0.1, -0.05) is 18.2 Å². The van der Waals surface area contributed by atoms with Crippen LogP contribution in [0, 0.1) is 5.82 Å². The van der Waals surface area contributed by atoms with Gasteiger partial charge in [-0.25, -0.2) is 9.37 Å². The van der Waals surface area contributed by atoms with Crippen LogP contribution in [0.3, 0.4) is 0 Å². The van der Waals surface area contributed by atoms with Gasteiger partial charge in [0.15, 0.2) is 0 Å². The molecule has 1 aliphatic heterocycles. The van der Waals surface area contributed by atoms with Crippen molar-refractivity contribution in [2.45, 2.75) is 18.6 Å². The van der Waals surface area contributed by atoms with E-state index in [9.17, 15) is 14.3 Å². The summed E-state index contributed by atoms with van der Waals surface area (Å²) < 4.78 is 15.3. The van der Waals surface area contributed by atoms with Crippen LogP contribution in [-0.2, 0) is 0 Å². The molecule has 0 radical (unpaired) electrons. The van der Waals surface area contributed by atoms with E-state index in [-0.39, 0.29) is 24.3 Å². The van der Waals surface area contributed by atoms with Gasteiger partial charge >= 0.3 is 0 Å². The van der Waals surface area contributed by atoms with E-state index in [2.05, 4.69) is 4.98 Å². The lowest BCUT2D eigenvalue weighted by Gasteiger charge is -2.25. The Morgan fingerprint density at radius 2 is 2.08 bits per heavy atom. The maximum Gasteiger partial charge on any atom is 0.271 e. The van der Waals surface area contributed by atoms with Crippen LogP contribution in [0.15, 0.2) is 54.9 Å². The number of benzene rings is 1. The first-order chi connectivity index (χ1) is 11.6. The molecule has 2 aromatic heterocycles. The van der Waals surface area contributed by atoms with Crippen LogP contribution in [0.2, 0.25) is 0 Å². The number of imidazole rings is 1. The number of hydrogen-bond donors (Lipinski definition) is 1. The van der Waals surface area contributed by atoms with Gasteiger partial charge in [-0.3, -0.25) is 9.20 Å². The molecule has 0 bridgehead atoms. The van der Waals surface area contributed by atoms with Gasteiger partial charge in [0.2, 0.25) is 0 Å². The summed E-state index contributed by atoms with van der Waals surface area (Å²) in [4.78, 5) is 18.8. The van der Waals surface area contributed by atoms with Crippen molar-refractivity contribution in [2.75, 3.05) is 6.54 Å². The number of carbonyl (C=O) groups excluding carboxylic acids is 1. The molecule has 0 spiro atoms. The highest BCUT2D eigenvalue weighted by molar-refractivity contribution is 5.93. The summed E-state index contributed by atoms with van der Waals surface area (Å²) in [5.41, 5.74) is 1.85. The predicted molar refractivity (Wildman–Crippen MR) is 86.0 cm³/mol. The molecule has 1 saturated heterocycles. The summed E-state index contributed by atoms with van der Waals surface area (Å²) in [5, 5.41) is 10.1. The molecule has 4 rings (SSSR count). The van der Waals surface area contributed by atoms with Crippen LogP contribution in [0.5, 0.6) is 0 Å². The zero-order chi connectivity index (χ0) is 16.7. The Morgan fingerprint density at radius 3 is 2.92 bits per heavy atom. The second-order valence-electron chi connectivity index (χ2n) is 5.98. The van der Waals surface area contributed by atoms with E-state index in [1.54, 1.807) is 46.0 Å². The van der Waals surface area contributed by atoms with E-state index >= 15 is 0 Å². The molecule has 1 aliphatic rings. The molecular formula is C18H16FN3O2. The first-order valence-electron chi connectivity index (χ1n) is 7.80. The van der Waals surface area contributed by atoms with E-state index in [4.69, 9.17) is 0 Å². The van der Waals surface area contributed by atoms with E-state index in [1.807, 2.05) is 6.07 Å². The number of carbonyl (C=O) groups is 1. The van der Waals surface area contributed by atoms with E-state index in [0.29, 0.717) is 23.3 Å². The van der Waals surface area contributed by atoms with Crippen molar-refractivity contribution in [3.63, 3.8) is 0 Å². The smallest absolute Gasteiger partial charge is 0.271 e. The lowest BCUT2D eigenvalue weighted by atomic mass is 10.0. The monoisotopic (exact) mass is 325 g/mol. The van der Waals surface area contributed by atoms with Crippen molar-refractivity contribution in [1.82, 2.24) is 14.3 Å². The summed E-state index contributed by atoms with van der Waals surface area (Å²) in [7, 11) is 0. The second kappa shape index (κ2) is 5.72. The molecule has 0 saturated carbocycles. The average molecular weight is 325 g/mol. The summed E-state index contributed by atoms with van der Waals surface area (Å²) in [6.07, 6.45) is 3.14. The van der Waals surface area contributed by atoms with E-state index < -0.39 is 6.10 Å². The zero-order valence-electron chi connectivity index (χ0n) is 12.8. The Bertz CT molecular complexity index is 908. The number of aromatic nitrogens is 2. The minimum Gasteiger partial charge on any atom is -0.391 e. The van der Waals surface area contributed by atoms with Gasteiger partial charge in [0, 0.05) is 18.9 Å². The minimum absolute atomic E-state index is 0.204. The van der Waals surface area contributed by atoms with Gasteiger partial charge in [-0.05, 0) is 36.2 Å². The largest absolute Gasteiger partial charge is 0.391 e. The van der Waals surface area contributed by atoms with Crippen LogP contribution in [0.4, 0.5) is 4.39 Å².